The van der Waals surface area contributed by atoms with Crippen LogP contribution in [0.3, 0.4) is 0 Å². The molecule has 2 aromatic carbocycles. The van der Waals surface area contributed by atoms with Crippen LogP contribution in [0.25, 0.3) is 0 Å². The van der Waals surface area contributed by atoms with Crippen LogP contribution in [-0.4, -0.2) is 58.3 Å². The molecule has 4 atom stereocenters. The molecule has 2 N–H and O–H groups in total. The van der Waals surface area contributed by atoms with Crippen molar-refractivity contribution < 1.29 is 41.7 Å². The Kier molecular flexibility index (Phi) is 5.92. The number of carboxylic acid groups (broad SMARTS) is 1. The lowest BCUT2D eigenvalue weighted by atomic mass is 9.93. The van der Waals surface area contributed by atoms with Crippen molar-refractivity contribution >= 4 is 17.7 Å². The van der Waals surface area contributed by atoms with Gasteiger partial charge in [-0.25, -0.2) is 14.1 Å². The van der Waals surface area contributed by atoms with Crippen molar-refractivity contribution in [1.29, 1.82) is 0 Å². The van der Waals surface area contributed by atoms with Gasteiger partial charge in [0.25, 0.3) is 0 Å². The number of amides is 2. The molecule has 192 valence electrons. The lowest BCUT2D eigenvalue weighted by molar-refractivity contribution is -0.285. The number of anilines is 1. The molecule has 8 nitrogen and oxygen atoms in total. The van der Waals surface area contributed by atoms with Crippen LogP contribution in [0.1, 0.15) is 30.0 Å². The van der Waals surface area contributed by atoms with Gasteiger partial charge in [0.15, 0.2) is 6.23 Å². The Bertz CT molecular complexity index is 1190. The molecule has 3 saturated heterocycles. The molecule has 0 aromatic heterocycles. The minimum atomic E-state index is -4.65. The number of hydrogen-bond acceptors (Lipinski definition) is 5. The summed E-state index contributed by atoms with van der Waals surface area (Å²) in [7, 11) is 0. The number of rotatable bonds is 6. The van der Waals surface area contributed by atoms with E-state index in [1.807, 2.05) is 0 Å². The SMILES string of the molecule is C[C@H](N(Cc1ccc(F)cc1)C(=O)CN1C2OC1[C@]1(CCc3cc(NC(=O)O)ccc31)O2)C(F)(F)F. The highest BCUT2D eigenvalue weighted by molar-refractivity contribution is 5.83. The molecule has 36 heavy (non-hydrogen) atoms. The predicted molar refractivity (Wildman–Crippen MR) is 117 cm³/mol. The van der Waals surface area contributed by atoms with E-state index in [4.69, 9.17) is 14.6 Å². The molecule has 0 saturated carbocycles. The van der Waals surface area contributed by atoms with Crippen LogP contribution in [0.15, 0.2) is 42.5 Å². The number of alkyl halides is 3. The monoisotopic (exact) mass is 509 g/mol. The van der Waals surface area contributed by atoms with Gasteiger partial charge < -0.3 is 19.5 Å². The van der Waals surface area contributed by atoms with Gasteiger partial charge in [0.1, 0.15) is 17.5 Å². The molecule has 3 heterocycles. The summed E-state index contributed by atoms with van der Waals surface area (Å²) in [6.07, 6.45) is -6.28. The number of nitrogens with zero attached hydrogens (tertiary/aromatic N) is 2. The van der Waals surface area contributed by atoms with E-state index in [1.54, 1.807) is 23.1 Å². The van der Waals surface area contributed by atoms with Gasteiger partial charge in [-0.1, -0.05) is 18.2 Å². The van der Waals surface area contributed by atoms with E-state index >= 15 is 0 Å². The molecule has 4 aliphatic rings. The highest BCUT2D eigenvalue weighted by Crippen LogP contribution is 2.56. The Labute approximate surface area is 203 Å². The number of fused-ring (bicyclic) bond motifs is 1. The number of carbonyl (C=O) groups is 2. The van der Waals surface area contributed by atoms with Crippen LogP contribution in [0.5, 0.6) is 0 Å². The zero-order chi connectivity index (χ0) is 25.8. The standard InChI is InChI=1S/C24H23F4N3O5/c1-13(24(26,27)28)30(11-14-2-4-16(25)5-3-14)19(32)12-31-20-23(36-22(31)35-20)9-8-15-10-17(29-21(33)34)6-7-18(15)23/h2-7,10,13,20,22,29H,8-9,11-12H2,1H3,(H,33,34)/t13-,20?,22?,23+/m0/s1. The quantitative estimate of drug-likeness (QED) is 0.572. The van der Waals surface area contributed by atoms with Gasteiger partial charge in [-0.05, 0) is 60.7 Å². The number of nitrogens with one attached hydrogen (secondary N) is 1. The number of halogens is 4. The summed E-state index contributed by atoms with van der Waals surface area (Å²) in [5, 5.41) is 11.2. The van der Waals surface area contributed by atoms with Gasteiger partial charge in [0.2, 0.25) is 12.3 Å². The fraction of sp³-hybridized carbons (Fsp3) is 0.417. The normalized spacial score (nSPS) is 25.4. The first-order chi connectivity index (χ1) is 17.0. The summed E-state index contributed by atoms with van der Waals surface area (Å²) in [6, 6.07) is 7.94. The van der Waals surface area contributed by atoms with Crippen LogP contribution >= 0.6 is 0 Å². The first-order valence-electron chi connectivity index (χ1n) is 11.3. The van der Waals surface area contributed by atoms with E-state index in [0.717, 1.165) is 35.1 Å². The Hall–Kier alpha value is -3.22. The van der Waals surface area contributed by atoms with Crippen molar-refractivity contribution in [3.63, 3.8) is 0 Å². The predicted octanol–water partition coefficient (Wildman–Crippen LogP) is 4.01. The van der Waals surface area contributed by atoms with Gasteiger partial charge in [-0.15, -0.1) is 0 Å². The summed E-state index contributed by atoms with van der Waals surface area (Å²) >= 11 is 0. The topological polar surface area (TPSA) is 91.3 Å². The van der Waals surface area contributed by atoms with E-state index < -0.39 is 48.3 Å². The Morgan fingerprint density at radius 1 is 1.25 bits per heavy atom. The third kappa shape index (κ3) is 4.18. The molecule has 1 aliphatic carbocycles. The number of benzene rings is 2. The van der Waals surface area contributed by atoms with Crippen molar-refractivity contribution in [2.45, 2.75) is 56.8 Å². The van der Waals surface area contributed by atoms with Gasteiger partial charge in [0.05, 0.1) is 6.54 Å². The second-order valence-corrected chi connectivity index (χ2v) is 9.14. The zero-order valence-corrected chi connectivity index (χ0v) is 19.1. The Balaban J connectivity index is 1.33. The van der Waals surface area contributed by atoms with Crippen LogP contribution in [0, 0.1) is 5.82 Å². The fourth-order valence-electron chi connectivity index (χ4n) is 5.08. The maximum Gasteiger partial charge on any atom is 0.409 e. The van der Waals surface area contributed by atoms with E-state index in [1.165, 1.54) is 12.1 Å². The van der Waals surface area contributed by atoms with E-state index in [2.05, 4.69) is 5.32 Å². The van der Waals surface area contributed by atoms with Crippen LogP contribution < -0.4 is 5.32 Å². The fourth-order valence-corrected chi connectivity index (χ4v) is 5.08. The number of ether oxygens (including phenoxy) is 2. The molecular weight excluding hydrogens is 486 g/mol. The number of carbonyl (C=O) groups excluding carboxylic acids is 1. The molecule has 0 radical (unpaired) electrons. The molecule has 2 aromatic rings. The van der Waals surface area contributed by atoms with E-state index in [0.29, 0.717) is 24.1 Å². The van der Waals surface area contributed by atoms with E-state index in [-0.39, 0.29) is 13.1 Å². The van der Waals surface area contributed by atoms with Crippen molar-refractivity contribution in [2.24, 2.45) is 0 Å². The van der Waals surface area contributed by atoms with Gasteiger partial charge in [-0.2, -0.15) is 13.2 Å². The first kappa shape index (κ1) is 24.5. The lowest BCUT2D eigenvalue weighted by Gasteiger charge is -2.41. The summed E-state index contributed by atoms with van der Waals surface area (Å²) in [6.45, 7) is 0.223. The molecule has 12 heteroatoms. The van der Waals surface area contributed by atoms with Crippen molar-refractivity contribution in [1.82, 2.24) is 9.80 Å². The molecule has 2 bridgehead atoms. The second kappa shape index (κ2) is 8.71. The lowest BCUT2D eigenvalue weighted by Crippen LogP contribution is -2.59. The third-order valence-electron chi connectivity index (χ3n) is 6.95. The van der Waals surface area contributed by atoms with Gasteiger partial charge in [0, 0.05) is 12.2 Å². The highest BCUT2D eigenvalue weighted by atomic mass is 19.4. The molecule has 3 fully saturated rings. The second-order valence-electron chi connectivity index (χ2n) is 9.14. The maximum atomic E-state index is 13.6. The van der Waals surface area contributed by atoms with Crippen molar-refractivity contribution in [2.75, 3.05) is 11.9 Å². The summed E-state index contributed by atoms with van der Waals surface area (Å²) < 4.78 is 65.9. The average Bonchev–Trinajstić information content (AvgIpc) is 3.46. The molecular formula is C24H23F4N3O5. The Morgan fingerprint density at radius 2 is 1.97 bits per heavy atom. The number of hydrogen-bond donors (Lipinski definition) is 2. The van der Waals surface area contributed by atoms with Crippen molar-refractivity contribution in [3.8, 4) is 0 Å². The zero-order valence-electron chi connectivity index (χ0n) is 19.1. The smallest absolute Gasteiger partial charge is 0.409 e. The van der Waals surface area contributed by atoms with E-state index in [9.17, 15) is 27.2 Å². The largest absolute Gasteiger partial charge is 0.465 e. The van der Waals surface area contributed by atoms with Gasteiger partial charge in [-0.3, -0.25) is 10.1 Å². The maximum absolute atomic E-state index is 13.6. The summed E-state index contributed by atoms with van der Waals surface area (Å²) in [5.74, 6) is -1.29. The molecule has 1 spiro atoms. The van der Waals surface area contributed by atoms with Crippen LogP contribution in [0.2, 0.25) is 0 Å². The average molecular weight is 509 g/mol. The molecule has 3 aliphatic heterocycles. The summed E-state index contributed by atoms with van der Waals surface area (Å²) in [5.41, 5.74) is 1.56. The minimum Gasteiger partial charge on any atom is -0.465 e. The summed E-state index contributed by atoms with van der Waals surface area (Å²) in [4.78, 5) is 26.4. The third-order valence-corrected chi connectivity index (χ3v) is 6.95. The molecule has 2 amide bonds. The molecule has 2 unspecified atom stereocenters. The van der Waals surface area contributed by atoms with Crippen LogP contribution in [-0.2, 0) is 32.8 Å². The van der Waals surface area contributed by atoms with Crippen molar-refractivity contribution in [3.05, 3.63) is 65.0 Å². The highest BCUT2D eigenvalue weighted by Gasteiger charge is 2.66. The first-order valence-corrected chi connectivity index (χ1v) is 11.3. The van der Waals surface area contributed by atoms with Gasteiger partial charge >= 0.3 is 12.3 Å². The van der Waals surface area contributed by atoms with Crippen LogP contribution in [0.4, 0.5) is 28.0 Å². The number of aryl methyl sites for hydroxylation is 1. The molecule has 6 rings (SSSR count). The Morgan fingerprint density at radius 3 is 2.64 bits per heavy atom. The minimum absolute atomic E-state index is 0.335.